The van der Waals surface area contributed by atoms with Crippen molar-refractivity contribution in [2.75, 3.05) is 6.61 Å². The maximum absolute atomic E-state index is 11.6. The van der Waals surface area contributed by atoms with E-state index in [4.69, 9.17) is 4.74 Å². The molecule has 132 valence electrons. The van der Waals surface area contributed by atoms with Crippen LogP contribution in [0.25, 0.3) is 6.08 Å². The molecule has 1 saturated heterocycles. The van der Waals surface area contributed by atoms with Crippen LogP contribution >= 0.6 is 11.8 Å². The number of allylic oxidation sites excluding steroid dienone is 2. The van der Waals surface area contributed by atoms with E-state index in [0.29, 0.717) is 23.3 Å². The molecule has 5 heteroatoms. The molecule has 1 aromatic carbocycles. The molecule has 0 radical (unpaired) electrons. The first-order valence-electron chi connectivity index (χ1n) is 8.64. The molecule has 1 aliphatic heterocycles. The van der Waals surface area contributed by atoms with Crippen LogP contribution in [-0.4, -0.2) is 17.8 Å². The van der Waals surface area contributed by atoms with E-state index in [1.807, 2.05) is 24.3 Å². The minimum Gasteiger partial charge on any atom is -0.493 e. The third-order valence-electron chi connectivity index (χ3n) is 4.82. The highest BCUT2D eigenvalue weighted by molar-refractivity contribution is 8.18. The first kappa shape index (κ1) is 17.8. The summed E-state index contributed by atoms with van der Waals surface area (Å²) in [5.74, 6) is 1.72. The van der Waals surface area contributed by atoms with Crippen molar-refractivity contribution >= 4 is 29.0 Å². The van der Waals surface area contributed by atoms with E-state index >= 15 is 0 Å². The Morgan fingerprint density at radius 1 is 1.32 bits per heavy atom. The van der Waals surface area contributed by atoms with E-state index < -0.39 is 0 Å². The summed E-state index contributed by atoms with van der Waals surface area (Å²) in [6, 6.07) is 7.61. The van der Waals surface area contributed by atoms with Crippen LogP contribution < -0.4 is 10.1 Å². The molecule has 3 rings (SSSR count). The molecule has 1 aliphatic carbocycles. The molecule has 1 heterocycles. The average Bonchev–Trinajstić information content (AvgIpc) is 2.92. The second-order valence-corrected chi connectivity index (χ2v) is 7.81. The predicted molar refractivity (Wildman–Crippen MR) is 101 cm³/mol. The van der Waals surface area contributed by atoms with Crippen LogP contribution in [-0.2, 0) is 4.79 Å². The van der Waals surface area contributed by atoms with Gasteiger partial charge in [0.25, 0.3) is 11.1 Å². The zero-order valence-corrected chi connectivity index (χ0v) is 15.4. The maximum atomic E-state index is 11.6. The fraction of sp³-hybridized carbons (Fsp3) is 0.400. The summed E-state index contributed by atoms with van der Waals surface area (Å²) < 4.78 is 5.93. The number of rotatable bonds is 5. The van der Waals surface area contributed by atoms with Crippen molar-refractivity contribution in [2.45, 2.75) is 33.1 Å². The number of nitrogens with one attached hydrogen (secondary N) is 1. The second-order valence-electron chi connectivity index (χ2n) is 6.79. The number of ether oxygens (including phenoxy) is 1. The lowest BCUT2D eigenvalue weighted by atomic mass is 9.82. The molecular formula is C20H23NO3S. The number of carbonyl (C=O) groups is 2. The highest BCUT2D eigenvalue weighted by atomic mass is 32.2. The highest BCUT2D eigenvalue weighted by Crippen LogP contribution is 2.30. The van der Waals surface area contributed by atoms with Crippen molar-refractivity contribution in [1.29, 1.82) is 0 Å². The zero-order chi connectivity index (χ0) is 17.8. The number of hydrogen-bond acceptors (Lipinski definition) is 4. The summed E-state index contributed by atoms with van der Waals surface area (Å²) in [7, 11) is 0. The molecule has 2 unspecified atom stereocenters. The van der Waals surface area contributed by atoms with E-state index in [0.717, 1.165) is 29.5 Å². The Balaban J connectivity index is 1.53. The van der Waals surface area contributed by atoms with Gasteiger partial charge in [-0.25, -0.2) is 0 Å². The summed E-state index contributed by atoms with van der Waals surface area (Å²) in [5.41, 5.74) is 2.38. The molecule has 4 nitrogen and oxygen atoms in total. The van der Waals surface area contributed by atoms with Gasteiger partial charge in [-0.15, -0.1) is 0 Å². The van der Waals surface area contributed by atoms with Crippen LogP contribution in [0.15, 0.2) is 40.8 Å². The fourth-order valence-electron chi connectivity index (χ4n) is 3.10. The number of thioether (sulfide) groups is 1. The van der Waals surface area contributed by atoms with Gasteiger partial charge in [-0.1, -0.05) is 30.7 Å². The number of hydrogen-bond donors (Lipinski definition) is 1. The van der Waals surface area contributed by atoms with Crippen molar-refractivity contribution in [1.82, 2.24) is 5.32 Å². The Morgan fingerprint density at radius 3 is 2.68 bits per heavy atom. The molecule has 25 heavy (non-hydrogen) atoms. The summed E-state index contributed by atoms with van der Waals surface area (Å²) >= 11 is 0.928. The van der Waals surface area contributed by atoms with E-state index in [2.05, 4.69) is 25.2 Å². The molecule has 0 spiro atoms. The highest BCUT2D eigenvalue weighted by Gasteiger charge is 2.25. The number of benzene rings is 1. The molecule has 0 bridgehead atoms. The second kappa shape index (κ2) is 7.91. The standard InChI is InChI=1S/C20H23NO3S/c1-13-3-7-16(8-4-13)14(2)12-24-17-9-5-15(6-10-17)11-18-19(22)21-20(23)25-18/h3,5-6,9-11,14,16H,4,7-8,12H2,1-2H3,(H,21,22,23)/b18-11+. The number of imide groups is 1. The minimum absolute atomic E-state index is 0.321. The van der Waals surface area contributed by atoms with Crippen molar-refractivity contribution in [3.63, 3.8) is 0 Å². The lowest BCUT2D eigenvalue weighted by molar-refractivity contribution is -0.115. The van der Waals surface area contributed by atoms with Gasteiger partial charge in [0, 0.05) is 0 Å². The molecule has 1 N–H and O–H groups in total. The van der Waals surface area contributed by atoms with Crippen molar-refractivity contribution in [3.05, 3.63) is 46.4 Å². The smallest absolute Gasteiger partial charge is 0.290 e. The van der Waals surface area contributed by atoms with Gasteiger partial charge >= 0.3 is 0 Å². The Kier molecular flexibility index (Phi) is 5.63. The third-order valence-corrected chi connectivity index (χ3v) is 5.63. The quantitative estimate of drug-likeness (QED) is 0.609. The van der Waals surface area contributed by atoms with Crippen LogP contribution in [0.2, 0.25) is 0 Å². The van der Waals surface area contributed by atoms with Gasteiger partial charge in [0.05, 0.1) is 11.5 Å². The largest absolute Gasteiger partial charge is 0.493 e. The zero-order valence-electron chi connectivity index (χ0n) is 14.6. The van der Waals surface area contributed by atoms with Crippen LogP contribution in [0.4, 0.5) is 4.79 Å². The molecular weight excluding hydrogens is 334 g/mol. The summed E-state index contributed by atoms with van der Waals surface area (Å²) in [6.07, 6.45) is 7.68. The average molecular weight is 357 g/mol. The molecule has 2 aliphatic rings. The number of amides is 2. The fourth-order valence-corrected chi connectivity index (χ4v) is 3.78. The first-order valence-corrected chi connectivity index (χ1v) is 9.46. The molecule has 1 fully saturated rings. The van der Waals surface area contributed by atoms with Crippen LogP contribution in [0.5, 0.6) is 5.75 Å². The molecule has 0 saturated carbocycles. The Labute approximate surface area is 152 Å². The van der Waals surface area contributed by atoms with Crippen molar-refractivity contribution < 1.29 is 14.3 Å². The van der Waals surface area contributed by atoms with Gasteiger partial charge in [0.1, 0.15) is 5.75 Å². The van der Waals surface area contributed by atoms with Crippen molar-refractivity contribution in [3.8, 4) is 5.75 Å². The Morgan fingerprint density at radius 2 is 2.08 bits per heavy atom. The first-order chi connectivity index (χ1) is 12.0. The predicted octanol–water partition coefficient (Wildman–Crippen LogP) is 4.77. The van der Waals surface area contributed by atoms with Crippen LogP contribution in [0.3, 0.4) is 0 Å². The Hall–Kier alpha value is -2.01. The van der Waals surface area contributed by atoms with E-state index in [1.165, 1.54) is 18.4 Å². The van der Waals surface area contributed by atoms with Crippen LogP contribution in [0, 0.1) is 11.8 Å². The van der Waals surface area contributed by atoms with Gasteiger partial charge in [-0.2, -0.15) is 0 Å². The molecule has 2 amide bonds. The maximum Gasteiger partial charge on any atom is 0.290 e. The van der Waals surface area contributed by atoms with Gasteiger partial charge < -0.3 is 4.74 Å². The number of carbonyl (C=O) groups excluding carboxylic acids is 2. The lowest BCUT2D eigenvalue weighted by Gasteiger charge is -2.26. The van der Waals surface area contributed by atoms with Gasteiger partial charge in [-0.3, -0.25) is 14.9 Å². The minimum atomic E-state index is -0.332. The van der Waals surface area contributed by atoms with E-state index in [9.17, 15) is 9.59 Å². The van der Waals surface area contributed by atoms with Gasteiger partial charge in [0.15, 0.2) is 0 Å². The van der Waals surface area contributed by atoms with Crippen molar-refractivity contribution in [2.24, 2.45) is 11.8 Å². The van der Waals surface area contributed by atoms with E-state index in [1.54, 1.807) is 6.08 Å². The van der Waals surface area contributed by atoms with Gasteiger partial charge in [-0.05, 0) is 73.6 Å². The van der Waals surface area contributed by atoms with E-state index in [-0.39, 0.29) is 11.1 Å². The summed E-state index contributed by atoms with van der Waals surface area (Å²) in [4.78, 5) is 23.2. The molecule has 1 aromatic rings. The SMILES string of the molecule is CC1=CCC(C(C)COc2ccc(/C=C3/SC(=O)NC3=O)cc2)CC1. The summed E-state index contributed by atoms with van der Waals surface area (Å²) in [6.45, 7) is 5.17. The molecule has 2 atom stereocenters. The third kappa shape index (κ3) is 4.75. The Bertz CT molecular complexity index is 721. The topological polar surface area (TPSA) is 55.4 Å². The molecule has 0 aromatic heterocycles. The lowest BCUT2D eigenvalue weighted by Crippen LogP contribution is -2.20. The monoisotopic (exact) mass is 357 g/mol. The van der Waals surface area contributed by atoms with Gasteiger partial charge in [0.2, 0.25) is 0 Å². The summed E-state index contributed by atoms with van der Waals surface area (Å²) in [5, 5.41) is 1.93. The normalized spacial score (nSPS) is 23.4. The van der Waals surface area contributed by atoms with Crippen LogP contribution in [0.1, 0.15) is 38.7 Å².